The number of thiophene rings is 1. The summed E-state index contributed by atoms with van der Waals surface area (Å²) >= 11 is 5.27. The predicted octanol–water partition coefficient (Wildman–Crippen LogP) is 10.6. The number of hydrogen-bond acceptors (Lipinski definition) is 13. The van der Waals surface area contributed by atoms with Crippen LogP contribution in [-0.4, -0.2) is 56.4 Å². The van der Waals surface area contributed by atoms with Crippen molar-refractivity contribution in [3.8, 4) is 39.0 Å². The van der Waals surface area contributed by atoms with Crippen molar-refractivity contribution in [2.75, 3.05) is 0 Å². The number of carbonyl (C=O) groups excluding carboxylic acids is 3. The fourth-order valence-corrected chi connectivity index (χ4v) is 6.07. The van der Waals surface area contributed by atoms with Gasteiger partial charge in [0.15, 0.2) is 0 Å². The number of nitrogens with one attached hydrogen (secondary N) is 2. The molecule has 0 radical (unpaired) electrons. The minimum atomic E-state index is -4.76. The number of allylic oxidation sites excluding steroid dienone is 1. The topological polar surface area (TPSA) is 200 Å². The molecule has 0 aliphatic heterocycles. The SMILES string of the molecule is CCCCCCc1ccsc1-c1ccnc(/C([NH-])=C/C(=N)C(F)(F)F)c1.O=CO/C=C/c1ccnc(-c2cc(OC=O)cc(-c3cc(/C=C/OC=O)ccn3)n2)c1.[N-]=C=S.[Ru+2]. The number of pyridine rings is 4. The molecule has 0 bridgehead atoms. The molecule has 0 aromatic carbocycles. The number of aryl methyl sites for hydroxylation is 1. The minimum absolute atomic E-state index is 0. The van der Waals surface area contributed by atoms with Crippen LogP contribution >= 0.6 is 23.6 Å². The molecule has 0 saturated carbocycles. The van der Waals surface area contributed by atoms with Crippen LogP contribution in [0, 0.1) is 5.41 Å². The average molecular weight is 957 g/mol. The van der Waals surface area contributed by atoms with Gasteiger partial charge in [-0.2, -0.15) is 18.3 Å². The van der Waals surface area contributed by atoms with Crippen LogP contribution in [0.3, 0.4) is 0 Å². The Morgan fingerprint density at radius 2 is 1.43 bits per heavy atom. The maximum Gasteiger partial charge on any atom is 2.00 e. The maximum atomic E-state index is 12.5. The molecule has 5 heterocycles. The first-order valence-electron chi connectivity index (χ1n) is 17.7. The fraction of sp³-hybridized carbons (Fsp3) is 0.167. The first-order chi connectivity index (χ1) is 29.0. The quantitative estimate of drug-likeness (QED) is 0.0219. The van der Waals surface area contributed by atoms with Gasteiger partial charge in [0.25, 0.3) is 19.4 Å². The first kappa shape index (κ1) is 50.8. The molecule has 13 nitrogen and oxygen atoms in total. The van der Waals surface area contributed by atoms with Crippen molar-refractivity contribution < 1.29 is 61.2 Å². The summed E-state index contributed by atoms with van der Waals surface area (Å²) in [4.78, 5) is 49.7. The summed E-state index contributed by atoms with van der Waals surface area (Å²) in [6.45, 7) is 3.11. The van der Waals surface area contributed by atoms with E-state index in [1.807, 2.05) is 5.38 Å². The molecule has 0 unspecified atom stereocenters. The Labute approximate surface area is 371 Å². The smallest absolute Gasteiger partial charge is 0.753 e. The minimum Gasteiger partial charge on any atom is -0.753 e. The number of aromatic nitrogens is 4. The number of isothiocyanates is 1. The Hall–Kier alpha value is -6.39. The molecule has 0 atom stereocenters. The third-order valence-corrected chi connectivity index (χ3v) is 8.81. The van der Waals surface area contributed by atoms with Crippen LogP contribution in [0.1, 0.15) is 55.0 Å². The van der Waals surface area contributed by atoms with Crippen LogP contribution < -0.4 is 4.74 Å². The van der Waals surface area contributed by atoms with Gasteiger partial charge in [0, 0.05) is 41.3 Å². The van der Waals surface area contributed by atoms with Crippen molar-refractivity contribution in [3.63, 3.8) is 0 Å². The molecule has 0 aliphatic rings. The summed E-state index contributed by atoms with van der Waals surface area (Å²) < 4.78 is 51.6. The maximum absolute atomic E-state index is 12.5. The van der Waals surface area contributed by atoms with Gasteiger partial charge in [-0.1, -0.05) is 38.4 Å². The van der Waals surface area contributed by atoms with E-state index >= 15 is 0 Å². The van der Waals surface area contributed by atoms with E-state index in [0.29, 0.717) is 48.3 Å². The Morgan fingerprint density at radius 1 is 0.852 bits per heavy atom. The number of ether oxygens (including phenoxy) is 3. The number of halogens is 3. The van der Waals surface area contributed by atoms with Crippen molar-refractivity contribution in [3.05, 3.63) is 131 Å². The van der Waals surface area contributed by atoms with Crippen LogP contribution in [-0.2, 0) is 49.8 Å². The number of rotatable bonds is 18. The number of hydrogen-bond donors (Lipinski definition) is 1. The second kappa shape index (κ2) is 27.4. The van der Waals surface area contributed by atoms with Crippen molar-refractivity contribution in [1.29, 1.82) is 5.41 Å². The number of thiocarbonyl (C=S) groups is 1. The molecule has 316 valence electrons. The third-order valence-electron chi connectivity index (χ3n) is 7.80. The molecule has 0 aliphatic carbocycles. The van der Waals surface area contributed by atoms with Crippen LogP contribution in [0.15, 0.2) is 97.2 Å². The number of carbonyl (C=O) groups is 3. The summed E-state index contributed by atoms with van der Waals surface area (Å²) in [6.07, 6.45) is 11.6. The van der Waals surface area contributed by atoms with Gasteiger partial charge in [0.05, 0.1) is 35.3 Å². The number of unbranched alkanes of at least 4 members (excludes halogenated alkanes) is 3. The molecule has 0 spiro atoms. The van der Waals surface area contributed by atoms with Crippen molar-refractivity contribution >= 4 is 71.7 Å². The second-order valence-corrected chi connectivity index (χ2v) is 13.0. The average Bonchev–Trinajstić information content (AvgIpc) is 3.72. The summed E-state index contributed by atoms with van der Waals surface area (Å²) in [5.41, 5.74) is 11.3. The zero-order chi connectivity index (χ0) is 43.8. The zero-order valence-corrected chi connectivity index (χ0v) is 35.5. The van der Waals surface area contributed by atoms with Gasteiger partial charge in [-0.05, 0) is 101 Å². The molecule has 0 amide bonds. The number of nitrogens with zero attached hydrogens (tertiary/aromatic N) is 5. The Bertz CT molecular complexity index is 2270. The number of alkyl halides is 3. The summed E-state index contributed by atoms with van der Waals surface area (Å²) in [5, 5.41) is 17.5. The van der Waals surface area contributed by atoms with E-state index < -0.39 is 17.6 Å². The van der Waals surface area contributed by atoms with Gasteiger partial charge in [0.1, 0.15) is 11.5 Å². The monoisotopic (exact) mass is 957 g/mol. The van der Waals surface area contributed by atoms with Gasteiger partial charge in [0.2, 0.25) is 0 Å². The molecule has 61 heavy (non-hydrogen) atoms. The third kappa shape index (κ3) is 17.4. The Morgan fingerprint density at radius 3 is 1.95 bits per heavy atom. The van der Waals surface area contributed by atoms with Crippen molar-refractivity contribution in [2.45, 2.75) is 45.2 Å². The van der Waals surface area contributed by atoms with E-state index in [4.69, 9.17) is 21.3 Å². The Kier molecular flexibility index (Phi) is 22.8. The van der Waals surface area contributed by atoms with E-state index in [-0.39, 0.29) is 30.9 Å². The van der Waals surface area contributed by atoms with Gasteiger partial charge >= 0.3 is 25.7 Å². The van der Waals surface area contributed by atoms with Gasteiger partial charge in [-0.25, -0.2) is 4.98 Å². The molecule has 5 aromatic heterocycles. The van der Waals surface area contributed by atoms with Crippen LogP contribution in [0.5, 0.6) is 5.75 Å². The van der Waals surface area contributed by atoms with Crippen LogP contribution in [0.4, 0.5) is 13.2 Å². The molecule has 0 fully saturated rings. The molecule has 5 aromatic rings. The van der Waals surface area contributed by atoms with E-state index in [9.17, 15) is 27.6 Å². The van der Waals surface area contributed by atoms with E-state index in [1.165, 1.54) is 48.7 Å². The van der Waals surface area contributed by atoms with E-state index in [0.717, 1.165) is 34.4 Å². The largest absolute Gasteiger partial charge is 2.00 e. The molecule has 2 N–H and O–H groups in total. The Balaban J connectivity index is 0.000000394. The molecular weight excluding hydrogens is 921 g/mol. The van der Waals surface area contributed by atoms with Gasteiger partial charge in [-0.3, -0.25) is 34.7 Å². The van der Waals surface area contributed by atoms with Crippen molar-refractivity contribution in [2.24, 2.45) is 0 Å². The van der Waals surface area contributed by atoms with E-state index in [1.54, 1.807) is 84.4 Å². The summed E-state index contributed by atoms with van der Waals surface area (Å²) in [7, 11) is 0. The predicted molar refractivity (Wildman–Crippen MR) is 227 cm³/mol. The first-order valence-corrected chi connectivity index (χ1v) is 19.0. The second-order valence-electron chi connectivity index (χ2n) is 11.9. The van der Waals surface area contributed by atoms with Gasteiger partial charge < -0.3 is 25.4 Å². The standard InChI is InChI=1S/C22H15N3O6.C19H21F3N3S.CNS.Ru/c26-13-29-7-3-16-1-5-23-19(9-16)21-11-18(31-15-28)12-22(25-21)20-10-17(2-6-24-20)4-8-30-14-27;1-2-3-4-5-6-13-8-10-26-18(13)14-7-9-25-16(11-14)15(23)12-17(24)19(20,21)22;2-1-3;/h1-15H;7-12,23-24H,2-6H2,1H3;;/q;2*-1;+2/b7-3+,8-4+;15-12-,24-17?;;. The van der Waals surface area contributed by atoms with Crippen LogP contribution in [0.2, 0.25) is 0 Å². The molecule has 0 saturated heterocycles. The fourth-order valence-electron chi connectivity index (χ4n) is 5.12. The normalized spacial score (nSPS) is 10.9. The molecule has 19 heteroatoms. The summed E-state index contributed by atoms with van der Waals surface area (Å²) in [5.74, 6) is 0.258. The van der Waals surface area contributed by atoms with Gasteiger partial charge in [-0.15, -0.1) is 17.0 Å². The van der Waals surface area contributed by atoms with E-state index in [2.05, 4.69) is 54.6 Å². The molecular formula is C42H36F3N7O6RuS2. The van der Waals surface area contributed by atoms with Crippen molar-refractivity contribution in [1.82, 2.24) is 19.9 Å². The zero-order valence-electron chi connectivity index (χ0n) is 32.1. The summed E-state index contributed by atoms with van der Waals surface area (Å²) in [6, 6.07) is 15.5. The van der Waals surface area contributed by atoms with Crippen LogP contribution in [0.25, 0.3) is 62.2 Å². The molecule has 5 rings (SSSR count).